The van der Waals surface area contributed by atoms with E-state index in [-0.39, 0.29) is 13.1 Å². The summed E-state index contributed by atoms with van der Waals surface area (Å²) in [5.74, 6) is -1.06. The molecule has 1 aliphatic heterocycles. The molecule has 1 aromatic rings. The van der Waals surface area contributed by atoms with Crippen LogP contribution >= 0.6 is 11.6 Å². The Kier molecular flexibility index (Phi) is 4.24. The van der Waals surface area contributed by atoms with Gasteiger partial charge in [0.2, 0.25) is 11.8 Å². The maximum absolute atomic E-state index is 12.1. The first kappa shape index (κ1) is 14.3. The SMILES string of the molecule is CC(Oc1ccccc1Cl)C(=O)N1CC(=O)NC(=O)C1. The molecule has 7 heteroatoms. The number of hydrogen-bond acceptors (Lipinski definition) is 4. The second-order valence-electron chi connectivity index (χ2n) is 4.36. The molecule has 0 bridgehead atoms. The van der Waals surface area contributed by atoms with E-state index in [0.717, 1.165) is 4.90 Å². The Morgan fingerprint density at radius 3 is 2.50 bits per heavy atom. The van der Waals surface area contributed by atoms with Gasteiger partial charge in [-0.2, -0.15) is 0 Å². The van der Waals surface area contributed by atoms with Gasteiger partial charge < -0.3 is 9.64 Å². The summed E-state index contributed by atoms with van der Waals surface area (Å²) in [6.45, 7) is 1.24. The fraction of sp³-hybridized carbons (Fsp3) is 0.308. The van der Waals surface area contributed by atoms with Crippen LogP contribution in [0.25, 0.3) is 0 Å². The maximum Gasteiger partial charge on any atom is 0.264 e. The summed E-state index contributed by atoms with van der Waals surface area (Å²) in [5.41, 5.74) is 0. The summed E-state index contributed by atoms with van der Waals surface area (Å²) in [5, 5.41) is 2.52. The second kappa shape index (κ2) is 5.92. The molecule has 1 saturated heterocycles. The van der Waals surface area contributed by atoms with Crippen LogP contribution in [0.2, 0.25) is 5.02 Å². The van der Waals surface area contributed by atoms with E-state index in [1.807, 2.05) is 0 Å². The van der Waals surface area contributed by atoms with E-state index in [1.165, 1.54) is 0 Å². The van der Waals surface area contributed by atoms with E-state index in [0.29, 0.717) is 10.8 Å². The van der Waals surface area contributed by atoms with E-state index >= 15 is 0 Å². The van der Waals surface area contributed by atoms with Crippen LogP contribution in [0.15, 0.2) is 24.3 Å². The number of halogens is 1. The van der Waals surface area contributed by atoms with Crippen molar-refractivity contribution in [3.8, 4) is 5.75 Å². The number of para-hydroxylation sites is 1. The predicted molar refractivity (Wildman–Crippen MR) is 71.3 cm³/mol. The van der Waals surface area contributed by atoms with E-state index in [2.05, 4.69) is 5.32 Å². The first-order valence-electron chi connectivity index (χ1n) is 6.00. The van der Waals surface area contributed by atoms with Crippen LogP contribution in [-0.2, 0) is 14.4 Å². The number of nitrogens with zero attached hydrogens (tertiary/aromatic N) is 1. The van der Waals surface area contributed by atoms with Gasteiger partial charge in [0.25, 0.3) is 5.91 Å². The van der Waals surface area contributed by atoms with Crippen molar-refractivity contribution in [3.05, 3.63) is 29.3 Å². The molecule has 20 heavy (non-hydrogen) atoms. The lowest BCUT2D eigenvalue weighted by atomic mass is 10.2. The molecule has 1 N–H and O–H groups in total. The summed E-state index contributed by atoms with van der Waals surface area (Å²) >= 11 is 5.94. The van der Waals surface area contributed by atoms with E-state index in [9.17, 15) is 14.4 Å². The molecule has 3 amide bonds. The lowest BCUT2D eigenvalue weighted by molar-refractivity contribution is -0.148. The first-order valence-corrected chi connectivity index (χ1v) is 6.38. The number of piperazine rings is 1. The normalized spacial score (nSPS) is 16.6. The molecule has 106 valence electrons. The van der Waals surface area contributed by atoms with Crippen LogP contribution < -0.4 is 10.1 Å². The summed E-state index contributed by atoms with van der Waals surface area (Å²) in [6, 6.07) is 6.76. The fourth-order valence-electron chi connectivity index (χ4n) is 1.83. The van der Waals surface area contributed by atoms with Gasteiger partial charge in [0.15, 0.2) is 6.10 Å². The lowest BCUT2D eigenvalue weighted by Crippen LogP contribution is -2.55. The van der Waals surface area contributed by atoms with Crippen LogP contribution in [0, 0.1) is 0 Å². The van der Waals surface area contributed by atoms with Crippen LogP contribution in [0.3, 0.4) is 0 Å². The maximum atomic E-state index is 12.1. The zero-order chi connectivity index (χ0) is 14.7. The smallest absolute Gasteiger partial charge is 0.264 e. The molecule has 1 atom stereocenters. The molecule has 1 fully saturated rings. The number of ether oxygens (including phenoxy) is 1. The molecule has 0 aromatic heterocycles. The fourth-order valence-corrected chi connectivity index (χ4v) is 2.01. The predicted octanol–water partition coefficient (Wildman–Crippen LogP) is 0.592. The van der Waals surface area contributed by atoms with Crippen LogP contribution in [0.1, 0.15) is 6.92 Å². The van der Waals surface area contributed by atoms with Crippen molar-refractivity contribution < 1.29 is 19.1 Å². The molecule has 0 spiro atoms. The summed E-state index contributed by atoms with van der Waals surface area (Å²) < 4.78 is 5.46. The number of rotatable bonds is 3. The van der Waals surface area contributed by atoms with Crippen molar-refractivity contribution in [2.45, 2.75) is 13.0 Å². The molecule has 6 nitrogen and oxygen atoms in total. The summed E-state index contributed by atoms with van der Waals surface area (Å²) in [6.07, 6.45) is -0.839. The third kappa shape index (κ3) is 3.27. The Hall–Kier alpha value is -2.08. The molecule has 0 saturated carbocycles. The van der Waals surface area contributed by atoms with E-state index in [4.69, 9.17) is 16.3 Å². The topological polar surface area (TPSA) is 75.7 Å². The average molecular weight is 297 g/mol. The highest BCUT2D eigenvalue weighted by molar-refractivity contribution is 6.32. The minimum Gasteiger partial charge on any atom is -0.479 e. The molecule has 2 rings (SSSR count). The number of nitrogens with one attached hydrogen (secondary N) is 1. The molecular formula is C13H13ClN2O4. The van der Waals surface area contributed by atoms with Gasteiger partial charge in [0.1, 0.15) is 18.8 Å². The third-order valence-electron chi connectivity index (χ3n) is 2.75. The van der Waals surface area contributed by atoms with Gasteiger partial charge in [-0.05, 0) is 19.1 Å². The van der Waals surface area contributed by atoms with Gasteiger partial charge in [0.05, 0.1) is 5.02 Å². The molecule has 1 aliphatic rings. The van der Waals surface area contributed by atoms with Gasteiger partial charge in [-0.3, -0.25) is 19.7 Å². The van der Waals surface area contributed by atoms with Gasteiger partial charge in [0, 0.05) is 0 Å². The number of benzene rings is 1. The highest BCUT2D eigenvalue weighted by Gasteiger charge is 2.30. The molecule has 0 radical (unpaired) electrons. The highest BCUT2D eigenvalue weighted by Crippen LogP contribution is 2.24. The van der Waals surface area contributed by atoms with Crippen molar-refractivity contribution in [3.63, 3.8) is 0 Å². The third-order valence-corrected chi connectivity index (χ3v) is 3.06. The van der Waals surface area contributed by atoms with Gasteiger partial charge in [-0.25, -0.2) is 0 Å². The number of imide groups is 1. The molecule has 0 aliphatic carbocycles. The quantitative estimate of drug-likeness (QED) is 0.829. The van der Waals surface area contributed by atoms with Gasteiger partial charge in [-0.1, -0.05) is 23.7 Å². The monoisotopic (exact) mass is 296 g/mol. The summed E-state index contributed by atoms with van der Waals surface area (Å²) in [4.78, 5) is 35.8. The number of carbonyl (C=O) groups is 3. The Labute approximate surface area is 120 Å². The van der Waals surface area contributed by atoms with E-state index < -0.39 is 23.8 Å². The zero-order valence-electron chi connectivity index (χ0n) is 10.8. The van der Waals surface area contributed by atoms with Crippen molar-refractivity contribution >= 4 is 29.3 Å². The second-order valence-corrected chi connectivity index (χ2v) is 4.76. The van der Waals surface area contributed by atoms with Gasteiger partial charge in [-0.15, -0.1) is 0 Å². The van der Waals surface area contributed by atoms with Crippen molar-refractivity contribution in [2.24, 2.45) is 0 Å². The number of hydrogen-bond donors (Lipinski definition) is 1. The van der Waals surface area contributed by atoms with Crippen molar-refractivity contribution in [2.75, 3.05) is 13.1 Å². The average Bonchev–Trinajstić information content (AvgIpc) is 2.39. The van der Waals surface area contributed by atoms with Crippen molar-refractivity contribution in [1.29, 1.82) is 0 Å². The Balaban J connectivity index is 2.03. The zero-order valence-corrected chi connectivity index (χ0v) is 11.5. The minimum absolute atomic E-state index is 0.152. The molecular weight excluding hydrogens is 284 g/mol. The number of carbonyl (C=O) groups excluding carboxylic acids is 3. The Morgan fingerprint density at radius 1 is 1.30 bits per heavy atom. The molecule has 1 heterocycles. The van der Waals surface area contributed by atoms with Crippen LogP contribution in [0.5, 0.6) is 5.75 Å². The standard InChI is InChI=1S/C13H13ClN2O4/c1-8(20-10-5-3-2-4-9(10)14)13(19)16-6-11(17)15-12(18)7-16/h2-5,8H,6-7H2,1H3,(H,15,17,18). The first-order chi connectivity index (χ1) is 9.47. The Morgan fingerprint density at radius 2 is 1.90 bits per heavy atom. The summed E-state index contributed by atoms with van der Waals surface area (Å²) in [7, 11) is 0. The van der Waals surface area contributed by atoms with E-state index in [1.54, 1.807) is 31.2 Å². The lowest BCUT2D eigenvalue weighted by Gasteiger charge is -2.28. The minimum atomic E-state index is -0.839. The molecule has 1 aromatic carbocycles. The van der Waals surface area contributed by atoms with Crippen molar-refractivity contribution in [1.82, 2.24) is 10.2 Å². The Bertz CT molecular complexity index is 545. The highest BCUT2D eigenvalue weighted by atomic mass is 35.5. The number of amides is 3. The van der Waals surface area contributed by atoms with Gasteiger partial charge >= 0.3 is 0 Å². The van der Waals surface area contributed by atoms with Crippen LogP contribution in [-0.4, -0.2) is 41.8 Å². The molecule has 1 unspecified atom stereocenters. The largest absolute Gasteiger partial charge is 0.479 e. The van der Waals surface area contributed by atoms with Crippen LogP contribution in [0.4, 0.5) is 0 Å².